The first-order chi connectivity index (χ1) is 15.1. The molecule has 3 aromatic rings. The molecule has 0 saturated carbocycles. The van der Waals surface area contributed by atoms with E-state index in [4.69, 9.17) is 4.98 Å². The lowest BCUT2D eigenvalue weighted by Gasteiger charge is -2.28. The van der Waals surface area contributed by atoms with Gasteiger partial charge >= 0.3 is 0 Å². The third-order valence-electron chi connectivity index (χ3n) is 7.32. The fourth-order valence-electron chi connectivity index (χ4n) is 5.69. The van der Waals surface area contributed by atoms with Gasteiger partial charge in [-0.25, -0.2) is 13.9 Å². The molecule has 0 radical (unpaired) electrons. The van der Waals surface area contributed by atoms with E-state index in [0.29, 0.717) is 23.2 Å². The highest BCUT2D eigenvalue weighted by Crippen LogP contribution is 2.31. The Morgan fingerprint density at radius 3 is 2.90 bits per heavy atom. The highest BCUT2D eigenvalue weighted by Gasteiger charge is 2.33. The smallest absolute Gasteiger partial charge is 0.165 e. The highest BCUT2D eigenvalue weighted by atomic mass is 19.1. The third kappa shape index (κ3) is 3.49. The van der Waals surface area contributed by atoms with Crippen LogP contribution < -0.4 is 4.90 Å². The van der Waals surface area contributed by atoms with Crippen LogP contribution in [0.1, 0.15) is 18.4 Å². The normalized spacial score (nSPS) is 26.6. The number of fused-ring (bicyclic) bond motifs is 7. The molecule has 7 heteroatoms. The van der Waals surface area contributed by atoms with Crippen LogP contribution in [0.4, 0.5) is 10.2 Å². The molecule has 0 spiro atoms. The first-order valence-corrected chi connectivity index (χ1v) is 11.4. The largest absolute Gasteiger partial charge is 0.358 e. The van der Waals surface area contributed by atoms with Crippen LogP contribution in [0.15, 0.2) is 36.7 Å². The number of likely N-dealkylation sites (N-methyl/N-ethyl adjacent to an activating group) is 1. The van der Waals surface area contributed by atoms with E-state index in [9.17, 15) is 4.39 Å². The van der Waals surface area contributed by atoms with Gasteiger partial charge in [0, 0.05) is 63.1 Å². The van der Waals surface area contributed by atoms with Crippen molar-refractivity contribution in [3.05, 3.63) is 48.0 Å². The molecule has 5 heterocycles. The molecule has 0 N–H and O–H groups in total. The van der Waals surface area contributed by atoms with Crippen molar-refractivity contribution < 1.29 is 4.39 Å². The molecule has 2 saturated heterocycles. The number of hydrogen-bond donors (Lipinski definition) is 0. The van der Waals surface area contributed by atoms with E-state index < -0.39 is 0 Å². The maximum Gasteiger partial charge on any atom is 0.165 e. The van der Waals surface area contributed by atoms with Crippen molar-refractivity contribution >= 4 is 11.5 Å². The quantitative estimate of drug-likeness (QED) is 0.559. The van der Waals surface area contributed by atoms with Crippen molar-refractivity contribution in [2.75, 3.05) is 51.2 Å². The van der Waals surface area contributed by atoms with Crippen LogP contribution in [-0.2, 0) is 6.42 Å². The van der Waals surface area contributed by atoms with Crippen molar-refractivity contribution in [1.82, 2.24) is 24.4 Å². The summed E-state index contributed by atoms with van der Waals surface area (Å²) in [5.41, 5.74) is 3.26. The zero-order chi connectivity index (χ0) is 20.9. The summed E-state index contributed by atoms with van der Waals surface area (Å²) in [6.07, 6.45) is 7.24. The Bertz CT molecular complexity index is 1110. The minimum Gasteiger partial charge on any atom is -0.358 e. The van der Waals surface area contributed by atoms with Gasteiger partial charge in [-0.2, -0.15) is 5.10 Å². The molecule has 3 aliphatic rings. The zero-order valence-corrected chi connectivity index (χ0v) is 18.0. The molecule has 6 bridgehead atoms. The molecule has 6 rings (SSSR count). The van der Waals surface area contributed by atoms with E-state index in [1.165, 1.54) is 24.9 Å². The lowest BCUT2D eigenvalue weighted by atomic mass is 9.95. The van der Waals surface area contributed by atoms with Crippen LogP contribution in [-0.4, -0.2) is 76.8 Å². The van der Waals surface area contributed by atoms with Gasteiger partial charge in [-0.1, -0.05) is 6.07 Å². The van der Waals surface area contributed by atoms with Gasteiger partial charge < -0.3 is 4.90 Å². The molecule has 162 valence electrons. The van der Waals surface area contributed by atoms with Crippen LogP contribution in [0.25, 0.3) is 16.8 Å². The van der Waals surface area contributed by atoms with Gasteiger partial charge in [-0.15, -0.1) is 0 Å². The maximum atomic E-state index is 14.9. The fourth-order valence-corrected chi connectivity index (χ4v) is 5.69. The Hall–Kier alpha value is -2.51. The molecule has 0 amide bonds. The molecule has 2 aromatic heterocycles. The van der Waals surface area contributed by atoms with Crippen LogP contribution in [0.3, 0.4) is 0 Å². The number of aromatic nitrogens is 3. The first-order valence-electron chi connectivity index (χ1n) is 11.4. The van der Waals surface area contributed by atoms with Gasteiger partial charge in [0.05, 0.1) is 6.20 Å². The number of anilines is 1. The Balaban J connectivity index is 1.46. The van der Waals surface area contributed by atoms with Crippen LogP contribution >= 0.6 is 0 Å². The topological polar surface area (TPSA) is 39.9 Å². The lowest BCUT2D eigenvalue weighted by Crippen LogP contribution is -2.40. The van der Waals surface area contributed by atoms with Gasteiger partial charge in [0.1, 0.15) is 11.6 Å². The molecular weight excluding hydrogens is 391 g/mol. The molecule has 1 unspecified atom stereocenters. The van der Waals surface area contributed by atoms with Gasteiger partial charge in [0.2, 0.25) is 0 Å². The summed E-state index contributed by atoms with van der Waals surface area (Å²) in [6, 6.07) is 8.26. The second kappa shape index (κ2) is 7.57. The van der Waals surface area contributed by atoms with E-state index in [1.807, 2.05) is 24.4 Å². The Morgan fingerprint density at radius 2 is 1.97 bits per heavy atom. The standard InChI is InChI=1S/C24H29FN6/c1-28-9-10-29-14-18(15-30-7-2-3-19(30)16-29)11-17-4-5-22(25)20(12-17)21-13-26-31-8-6-23(28)27-24(21)31/h4-6,8,12-13,18-19H,2-3,7,9-11,14-16H2,1H3/t18-,19-/m0/s1. The lowest BCUT2D eigenvalue weighted by molar-refractivity contribution is 0.223. The molecule has 2 fully saturated rings. The van der Waals surface area contributed by atoms with E-state index >= 15 is 0 Å². The van der Waals surface area contributed by atoms with Crippen molar-refractivity contribution in [3.63, 3.8) is 0 Å². The average Bonchev–Trinajstić information content (AvgIpc) is 3.35. The van der Waals surface area contributed by atoms with Crippen LogP contribution in [0.5, 0.6) is 0 Å². The summed E-state index contributed by atoms with van der Waals surface area (Å²) in [5, 5.41) is 4.43. The molecule has 31 heavy (non-hydrogen) atoms. The Kier molecular flexibility index (Phi) is 4.69. The summed E-state index contributed by atoms with van der Waals surface area (Å²) in [4.78, 5) is 12.4. The maximum absolute atomic E-state index is 14.9. The predicted molar refractivity (Wildman–Crippen MR) is 120 cm³/mol. The van der Waals surface area contributed by atoms with E-state index in [-0.39, 0.29) is 5.82 Å². The summed E-state index contributed by atoms with van der Waals surface area (Å²) in [6.45, 7) is 6.56. The Morgan fingerprint density at radius 1 is 1.03 bits per heavy atom. The fraction of sp³-hybridized carbons (Fsp3) is 0.500. The summed E-state index contributed by atoms with van der Waals surface area (Å²) < 4.78 is 16.7. The monoisotopic (exact) mass is 420 g/mol. The number of benzene rings is 1. The SMILES string of the molecule is CN1CCN2C[C@H](Cc3ccc(F)c(c3)-c3cnn4ccc1nc34)CN1CCC[C@H]1C2. The number of rotatable bonds is 0. The minimum absolute atomic E-state index is 0.214. The van der Waals surface area contributed by atoms with Crippen molar-refractivity contribution in [1.29, 1.82) is 0 Å². The highest BCUT2D eigenvalue weighted by molar-refractivity contribution is 5.78. The van der Waals surface area contributed by atoms with Crippen molar-refractivity contribution in [2.45, 2.75) is 25.3 Å². The Labute approximate surface area is 182 Å². The van der Waals surface area contributed by atoms with E-state index in [0.717, 1.165) is 50.5 Å². The summed E-state index contributed by atoms with van der Waals surface area (Å²) >= 11 is 0. The first kappa shape index (κ1) is 19.2. The molecule has 3 aliphatic heterocycles. The van der Waals surface area contributed by atoms with Gasteiger partial charge in [0.25, 0.3) is 0 Å². The van der Waals surface area contributed by atoms with Gasteiger partial charge in [0.15, 0.2) is 5.65 Å². The average molecular weight is 421 g/mol. The zero-order valence-electron chi connectivity index (χ0n) is 18.0. The predicted octanol–water partition coefficient (Wildman–Crippen LogP) is 2.92. The summed E-state index contributed by atoms with van der Waals surface area (Å²) in [7, 11) is 2.10. The van der Waals surface area contributed by atoms with E-state index in [2.05, 4.69) is 26.8 Å². The van der Waals surface area contributed by atoms with Crippen LogP contribution in [0.2, 0.25) is 0 Å². The molecule has 0 aliphatic carbocycles. The van der Waals surface area contributed by atoms with Gasteiger partial charge in [-0.05, 0) is 55.5 Å². The molecular formula is C24H29FN6. The van der Waals surface area contributed by atoms with Gasteiger partial charge in [-0.3, -0.25) is 9.80 Å². The second-order valence-electron chi connectivity index (χ2n) is 9.47. The summed E-state index contributed by atoms with van der Waals surface area (Å²) in [5.74, 6) is 1.24. The second-order valence-corrected chi connectivity index (χ2v) is 9.47. The number of nitrogens with zero attached hydrogens (tertiary/aromatic N) is 6. The van der Waals surface area contributed by atoms with Crippen molar-refractivity contribution in [2.24, 2.45) is 5.92 Å². The third-order valence-corrected chi connectivity index (χ3v) is 7.32. The molecule has 6 nitrogen and oxygen atoms in total. The van der Waals surface area contributed by atoms with E-state index in [1.54, 1.807) is 16.8 Å². The number of halogens is 1. The molecule has 1 aromatic carbocycles. The number of hydrogen-bond acceptors (Lipinski definition) is 5. The van der Waals surface area contributed by atoms with Crippen molar-refractivity contribution in [3.8, 4) is 11.1 Å². The minimum atomic E-state index is -0.214. The molecule has 3 atom stereocenters. The van der Waals surface area contributed by atoms with Crippen LogP contribution in [0, 0.1) is 11.7 Å².